The van der Waals surface area contributed by atoms with Crippen LogP contribution in [0, 0.1) is 0 Å². The van der Waals surface area contributed by atoms with Gasteiger partial charge in [-0.05, 0) is 95.6 Å². The molecule has 0 heterocycles. The molecular weight excluding hydrogens is 620 g/mol. The number of hydrogen-bond acceptors (Lipinski definition) is 5. The number of aromatic hydroxyl groups is 2. The number of aliphatic hydroxyl groups excluding tert-OH is 1. The molecule has 0 amide bonds. The Bertz CT molecular complexity index is 1260. The molecule has 0 saturated heterocycles. The summed E-state index contributed by atoms with van der Waals surface area (Å²) >= 11 is 0. The van der Waals surface area contributed by atoms with Crippen molar-refractivity contribution in [3.05, 3.63) is 64.5 Å². The highest BCUT2D eigenvalue weighted by molar-refractivity contribution is 6.52. The first-order valence-electron chi connectivity index (χ1n) is 20.4. The number of unbranched alkanes of at least 4 members (excludes halogenated alkanes) is 20. The number of aliphatic hydroxyl groups is 1. The molecule has 0 fully saturated rings. The van der Waals surface area contributed by atoms with Crippen LogP contribution in [0.15, 0.2) is 53.3 Å². The second-order valence-electron chi connectivity index (χ2n) is 14.4. The Kier molecular flexibility index (Phi) is 23.0. The normalized spacial score (nSPS) is 14.0. The lowest BCUT2D eigenvalue weighted by molar-refractivity contribution is -0.132. The van der Waals surface area contributed by atoms with Gasteiger partial charge in [0.25, 0.3) is 0 Å². The van der Waals surface area contributed by atoms with E-state index < -0.39 is 11.6 Å². The van der Waals surface area contributed by atoms with Crippen LogP contribution >= 0.6 is 0 Å². The van der Waals surface area contributed by atoms with Gasteiger partial charge in [-0.2, -0.15) is 0 Å². The molecule has 50 heavy (non-hydrogen) atoms. The van der Waals surface area contributed by atoms with E-state index >= 15 is 0 Å². The predicted octanol–water partition coefficient (Wildman–Crippen LogP) is 13.3. The van der Waals surface area contributed by atoms with Gasteiger partial charge in [-0.3, -0.25) is 9.59 Å². The lowest BCUT2D eigenvalue weighted by atomic mass is 9.81. The fraction of sp³-hybridized carbons (Fsp3) is 0.644. The van der Waals surface area contributed by atoms with Gasteiger partial charge in [0.2, 0.25) is 11.6 Å². The summed E-state index contributed by atoms with van der Waals surface area (Å²) in [4.78, 5) is 26.1. The molecular formula is C45H70O5. The Labute approximate surface area is 305 Å². The summed E-state index contributed by atoms with van der Waals surface area (Å²) in [6, 6.07) is 2.88. The summed E-state index contributed by atoms with van der Waals surface area (Å²) in [7, 11) is 0. The number of phenolic OH excluding ortho intramolecular Hbond substituents is 2. The maximum atomic E-state index is 13.3. The van der Waals surface area contributed by atoms with E-state index in [-0.39, 0.29) is 34.0 Å². The number of ketones is 2. The predicted molar refractivity (Wildman–Crippen MR) is 211 cm³/mol. The van der Waals surface area contributed by atoms with E-state index in [0.717, 1.165) is 70.6 Å². The number of rotatable bonds is 29. The molecule has 1 aromatic rings. The van der Waals surface area contributed by atoms with Crippen LogP contribution in [-0.4, -0.2) is 26.9 Å². The van der Waals surface area contributed by atoms with Crippen LogP contribution in [0.1, 0.15) is 192 Å². The van der Waals surface area contributed by atoms with Crippen molar-refractivity contribution >= 4 is 17.1 Å². The third kappa shape index (κ3) is 16.3. The van der Waals surface area contributed by atoms with Gasteiger partial charge in [-0.15, -0.1) is 0 Å². The van der Waals surface area contributed by atoms with Gasteiger partial charge in [-0.1, -0.05) is 128 Å². The molecule has 0 unspecified atom stereocenters. The average molecular weight is 691 g/mol. The fourth-order valence-corrected chi connectivity index (χ4v) is 6.93. The molecule has 0 bridgehead atoms. The highest BCUT2D eigenvalue weighted by Crippen LogP contribution is 2.42. The maximum Gasteiger partial charge on any atom is 0.232 e. The van der Waals surface area contributed by atoms with Crippen molar-refractivity contribution in [3.63, 3.8) is 0 Å². The number of benzene rings is 1. The fourth-order valence-electron chi connectivity index (χ4n) is 6.93. The van der Waals surface area contributed by atoms with Crippen LogP contribution in [-0.2, 0) is 16.0 Å². The smallest absolute Gasteiger partial charge is 0.232 e. The van der Waals surface area contributed by atoms with Crippen molar-refractivity contribution in [2.24, 2.45) is 0 Å². The Morgan fingerprint density at radius 1 is 0.520 bits per heavy atom. The van der Waals surface area contributed by atoms with Crippen molar-refractivity contribution in [3.8, 4) is 11.5 Å². The van der Waals surface area contributed by atoms with Gasteiger partial charge in [0.1, 0.15) is 17.3 Å². The lowest BCUT2D eigenvalue weighted by Crippen LogP contribution is -2.25. The summed E-state index contributed by atoms with van der Waals surface area (Å²) in [5.74, 6) is -1.75. The number of allylic oxidation sites excluding steroid dienone is 7. The summed E-state index contributed by atoms with van der Waals surface area (Å²) in [5.41, 5.74) is 1.60. The molecule has 1 aromatic carbocycles. The molecule has 5 heteroatoms. The van der Waals surface area contributed by atoms with Gasteiger partial charge in [0.15, 0.2) is 0 Å². The lowest BCUT2D eigenvalue weighted by Gasteiger charge is -2.23. The molecule has 5 nitrogen and oxygen atoms in total. The van der Waals surface area contributed by atoms with Crippen LogP contribution in [0.4, 0.5) is 0 Å². The van der Waals surface area contributed by atoms with Crippen molar-refractivity contribution in [2.45, 2.75) is 188 Å². The third-order valence-electron chi connectivity index (χ3n) is 10.0. The number of hydrogen-bond donors (Lipinski definition) is 3. The minimum absolute atomic E-state index is 0.00623. The molecule has 0 spiro atoms. The highest BCUT2D eigenvalue weighted by Gasteiger charge is 2.35. The number of carbonyl (C=O) groups is 2. The average Bonchev–Trinajstić information content (AvgIpc) is 3.10. The summed E-state index contributed by atoms with van der Waals surface area (Å²) in [6.45, 7) is 5.95. The van der Waals surface area contributed by atoms with E-state index in [1.54, 1.807) is 6.07 Å². The third-order valence-corrected chi connectivity index (χ3v) is 10.0. The van der Waals surface area contributed by atoms with E-state index in [2.05, 4.69) is 38.2 Å². The molecule has 1 aliphatic carbocycles. The zero-order chi connectivity index (χ0) is 36.4. The number of aryl methyl sites for hydroxylation is 1. The molecule has 280 valence electrons. The van der Waals surface area contributed by atoms with Crippen molar-refractivity contribution in [2.75, 3.05) is 0 Å². The molecule has 0 atom stereocenters. The van der Waals surface area contributed by atoms with Gasteiger partial charge >= 0.3 is 0 Å². The van der Waals surface area contributed by atoms with Crippen molar-refractivity contribution in [1.82, 2.24) is 0 Å². The topological polar surface area (TPSA) is 94.8 Å². The zero-order valence-corrected chi connectivity index (χ0v) is 32.0. The highest BCUT2D eigenvalue weighted by atomic mass is 16.3. The Hall–Kier alpha value is -3.08. The van der Waals surface area contributed by atoms with Crippen LogP contribution in [0.25, 0.3) is 5.57 Å². The van der Waals surface area contributed by atoms with E-state index in [0.29, 0.717) is 24.0 Å². The molecule has 0 aliphatic heterocycles. The first-order chi connectivity index (χ1) is 24.3. The van der Waals surface area contributed by atoms with Crippen LogP contribution in [0.2, 0.25) is 0 Å². The first-order valence-corrected chi connectivity index (χ1v) is 20.4. The van der Waals surface area contributed by atoms with Gasteiger partial charge in [0.05, 0.1) is 0 Å². The number of carbonyl (C=O) groups excluding carboxylic acids is 2. The first kappa shape index (κ1) is 43.1. The second kappa shape index (κ2) is 26.7. The molecule has 3 N–H and O–H groups in total. The Morgan fingerprint density at radius 2 is 0.940 bits per heavy atom. The SMILES string of the molecule is CCCCCCC=CCCCCCCCc1cc(O)cc(O)c1C1=C(CCCCCCCC=CCCCCCCCC)C(=O)C(=O)C(C)=C1O. The van der Waals surface area contributed by atoms with E-state index in [1.807, 2.05) is 0 Å². The molecule has 1 aliphatic rings. The summed E-state index contributed by atoms with van der Waals surface area (Å²) in [6.07, 6.45) is 38.2. The van der Waals surface area contributed by atoms with E-state index in [4.69, 9.17) is 0 Å². The number of phenols is 2. The maximum absolute atomic E-state index is 13.3. The van der Waals surface area contributed by atoms with Crippen molar-refractivity contribution < 1.29 is 24.9 Å². The second-order valence-corrected chi connectivity index (χ2v) is 14.4. The van der Waals surface area contributed by atoms with E-state index in [1.165, 1.54) is 96.5 Å². The summed E-state index contributed by atoms with van der Waals surface area (Å²) in [5, 5.41) is 32.7. The monoisotopic (exact) mass is 691 g/mol. The van der Waals surface area contributed by atoms with Crippen LogP contribution < -0.4 is 0 Å². The van der Waals surface area contributed by atoms with E-state index in [9.17, 15) is 24.9 Å². The standard InChI is InChI=1S/C45H70O5/c1-4-6-8-10-12-14-16-18-19-21-23-25-27-29-31-33-39-42(43(48)36(3)44(49)45(39)50)41-37(34-38(46)35-40(41)47)32-30-28-26-24-22-20-17-15-13-11-9-7-5-2/h15,17-19,34-35,46-48H,4-14,16,20-33H2,1-3H3. The van der Waals surface area contributed by atoms with Gasteiger partial charge in [-0.25, -0.2) is 0 Å². The zero-order valence-electron chi connectivity index (χ0n) is 32.0. The van der Waals surface area contributed by atoms with Gasteiger partial charge in [0, 0.05) is 28.3 Å². The molecule has 0 saturated carbocycles. The Balaban J connectivity index is 1.91. The van der Waals surface area contributed by atoms with Crippen LogP contribution in [0.3, 0.4) is 0 Å². The number of Topliss-reactive ketones (excluding diaryl/α,β-unsaturated/α-hetero) is 2. The molecule has 0 radical (unpaired) electrons. The minimum Gasteiger partial charge on any atom is -0.508 e. The Morgan fingerprint density at radius 3 is 1.44 bits per heavy atom. The quantitative estimate of drug-likeness (QED) is 0.0336. The van der Waals surface area contributed by atoms with Gasteiger partial charge < -0.3 is 15.3 Å². The molecule has 0 aromatic heterocycles. The summed E-state index contributed by atoms with van der Waals surface area (Å²) < 4.78 is 0. The molecule has 2 rings (SSSR count). The largest absolute Gasteiger partial charge is 0.508 e. The van der Waals surface area contributed by atoms with Crippen LogP contribution in [0.5, 0.6) is 11.5 Å². The van der Waals surface area contributed by atoms with Crippen molar-refractivity contribution in [1.29, 1.82) is 0 Å². The minimum atomic E-state index is -0.680.